The van der Waals surface area contributed by atoms with E-state index in [1.807, 2.05) is 18.2 Å². The Morgan fingerprint density at radius 1 is 1.31 bits per heavy atom. The van der Waals surface area contributed by atoms with Crippen molar-refractivity contribution in [2.45, 2.75) is 6.42 Å². The van der Waals surface area contributed by atoms with Crippen molar-refractivity contribution in [2.75, 3.05) is 6.54 Å². The molecule has 0 spiro atoms. The maximum atomic E-state index is 5.23. The third-order valence-electron chi connectivity index (χ3n) is 1.59. The molecule has 0 amide bonds. The summed E-state index contributed by atoms with van der Waals surface area (Å²) in [6, 6.07) is 10.2. The van der Waals surface area contributed by atoms with Gasteiger partial charge in [0.25, 0.3) is 0 Å². The monoisotopic (exact) mass is 195 g/mol. The highest BCUT2D eigenvalue weighted by Crippen LogP contribution is 1.97. The predicted molar refractivity (Wildman–Crippen MR) is 58.1 cm³/mol. The van der Waals surface area contributed by atoms with Gasteiger partial charge in [-0.25, -0.2) is 5.43 Å². The first kappa shape index (κ1) is 9.95. The van der Waals surface area contributed by atoms with Crippen molar-refractivity contribution >= 4 is 17.3 Å². The van der Waals surface area contributed by atoms with Crippen LogP contribution >= 0.6 is 12.2 Å². The molecule has 0 radical (unpaired) electrons. The zero-order chi connectivity index (χ0) is 9.52. The van der Waals surface area contributed by atoms with E-state index >= 15 is 0 Å². The van der Waals surface area contributed by atoms with Gasteiger partial charge in [-0.2, -0.15) is 0 Å². The minimum Gasteiger partial charge on any atom is -0.375 e. The van der Waals surface area contributed by atoms with E-state index in [9.17, 15) is 0 Å². The quantitative estimate of drug-likeness (QED) is 0.373. The number of thiocarbonyl (C=S) groups is 1. The molecule has 70 valence electrons. The molecule has 13 heavy (non-hydrogen) atoms. The summed E-state index contributed by atoms with van der Waals surface area (Å²) in [5.74, 6) is 0. The Labute approximate surface area is 83.3 Å². The molecule has 0 aliphatic carbocycles. The maximum absolute atomic E-state index is 5.23. The van der Waals surface area contributed by atoms with Crippen LogP contribution in [0.5, 0.6) is 0 Å². The summed E-state index contributed by atoms with van der Waals surface area (Å²) in [5.41, 5.74) is 12.1. The molecule has 0 unspecified atom stereocenters. The lowest BCUT2D eigenvalue weighted by Crippen LogP contribution is -2.41. The zero-order valence-electron chi connectivity index (χ0n) is 7.29. The van der Waals surface area contributed by atoms with Gasteiger partial charge in [0.05, 0.1) is 0 Å². The van der Waals surface area contributed by atoms with Crippen LogP contribution in [0.3, 0.4) is 0 Å². The number of hydrogen-bond acceptors (Lipinski definition) is 2. The lowest BCUT2D eigenvalue weighted by Gasteiger charge is -2.05. The molecule has 0 saturated heterocycles. The van der Waals surface area contributed by atoms with E-state index < -0.39 is 0 Å². The Kier molecular flexibility index (Phi) is 4.21. The molecule has 4 N–H and O–H groups in total. The minimum atomic E-state index is 0.271. The van der Waals surface area contributed by atoms with Crippen LogP contribution < -0.4 is 16.6 Å². The molecule has 0 bridgehead atoms. The van der Waals surface area contributed by atoms with Crippen molar-refractivity contribution in [3.05, 3.63) is 35.9 Å². The fraction of sp³-hybridized carbons (Fsp3) is 0.222. The molecule has 0 saturated carbocycles. The molecule has 1 aromatic carbocycles. The van der Waals surface area contributed by atoms with E-state index in [1.165, 1.54) is 5.56 Å². The fourth-order valence-corrected chi connectivity index (χ4v) is 1.07. The van der Waals surface area contributed by atoms with E-state index in [1.54, 1.807) is 0 Å². The van der Waals surface area contributed by atoms with Gasteiger partial charge in [0, 0.05) is 6.54 Å². The first-order valence-electron chi connectivity index (χ1n) is 4.11. The van der Waals surface area contributed by atoms with Crippen LogP contribution in [0.25, 0.3) is 0 Å². The number of benzene rings is 1. The smallest absolute Gasteiger partial charge is 0.178 e. The Bertz CT molecular complexity index is 261. The van der Waals surface area contributed by atoms with Gasteiger partial charge in [0.2, 0.25) is 0 Å². The lowest BCUT2D eigenvalue weighted by molar-refractivity contribution is 0.652. The van der Waals surface area contributed by atoms with Crippen LogP contribution in [0.1, 0.15) is 5.56 Å². The average molecular weight is 195 g/mol. The van der Waals surface area contributed by atoms with Crippen molar-refractivity contribution < 1.29 is 0 Å². The van der Waals surface area contributed by atoms with E-state index in [4.69, 9.17) is 5.73 Å². The van der Waals surface area contributed by atoms with Crippen molar-refractivity contribution in [1.82, 2.24) is 10.9 Å². The number of nitrogens with one attached hydrogen (secondary N) is 2. The van der Waals surface area contributed by atoms with Crippen LogP contribution in [0.4, 0.5) is 0 Å². The summed E-state index contributed by atoms with van der Waals surface area (Å²) >= 11 is 4.63. The fourth-order valence-electron chi connectivity index (χ4n) is 1.00. The molecule has 0 aliphatic heterocycles. The molecule has 1 aromatic rings. The normalized spacial score (nSPS) is 9.54. The lowest BCUT2D eigenvalue weighted by atomic mass is 10.2. The number of rotatable bonds is 4. The summed E-state index contributed by atoms with van der Waals surface area (Å²) in [6.45, 7) is 0.807. The molecule has 0 aromatic heterocycles. The van der Waals surface area contributed by atoms with Gasteiger partial charge in [0.1, 0.15) is 0 Å². The Morgan fingerprint density at radius 2 is 2.00 bits per heavy atom. The first-order chi connectivity index (χ1) is 6.29. The average Bonchev–Trinajstić information content (AvgIpc) is 2.14. The molecule has 0 heterocycles. The second kappa shape index (κ2) is 5.50. The summed E-state index contributed by atoms with van der Waals surface area (Å²) in [6.07, 6.45) is 0.955. The molecular formula is C9H13N3S. The summed E-state index contributed by atoms with van der Waals surface area (Å²) in [7, 11) is 0. The van der Waals surface area contributed by atoms with E-state index in [2.05, 4.69) is 35.2 Å². The maximum Gasteiger partial charge on any atom is 0.178 e. The third-order valence-corrected chi connectivity index (χ3v) is 1.70. The zero-order valence-corrected chi connectivity index (χ0v) is 8.10. The van der Waals surface area contributed by atoms with Gasteiger partial charge in [-0.15, -0.1) is 0 Å². The van der Waals surface area contributed by atoms with Crippen molar-refractivity contribution in [2.24, 2.45) is 5.73 Å². The van der Waals surface area contributed by atoms with E-state index in [-0.39, 0.29) is 5.11 Å². The molecule has 4 heteroatoms. The van der Waals surface area contributed by atoms with Crippen LogP contribution in [0.15, 0.2) is 30.3 Å². The van der Waals surface area contributed by atoms with Crippen LogP contribution in [-0.4, -0.2) is 11.7 Å². The van der Waals surface area contributed by atoms with E-state index in [0.717, 1.165) is 13.0 Å². The highest BCUT2D eigenvalue weighted by atomic mass is 32.1. The molecule has 0 aliphatic rings. The molecule has 0 atom stereocenters. The Hall–Kier alpha value is -1.13. The largest absolute Gasteiger partial charge is 0.375 e. The Balaban J connectivity index is 2.17. The predicted octanol–water partition coefficient (Wildman–Crippen LogP) is 0.567. The van der Waals surface area contributed by atoms with E-state index in [0.29, 0.717) is 0 Å². The highest BCUT2D eigenvalue weighted by molar-refractivity contribution is 7.80. The van der Waals surface area contributed by atoms with Crippen LogP contribution in [0.2, 0.25) is 0 Å². The summed E-state index contributed by atoms with van der Waals surface area (Å²) < 4.78 is 0. The molecule has 0 fully saturated rings. The topological polar surface area (TPSA) is 50.1 Å². The number of hydrazine groups is 1. The SMILES string of the molecule is NC(=S)NNCCc1ccccc1. The molecule has 1 rings (SSSR count). The van der Waals surface area contributed by atoms with Gasteiger partial charge < -0.3 is 5.73 Å². The summed E-state index contributed by atoms with van der Waals surface area (Å²) in [5, 5.41) is 0.271. The highest BCUT2D eigenvalue weighted by Gasteiger charge is 1.90. The molecular weight excluding hydrogens is 182 g/mol. The third kappa shape index (κ3) is 4.45. The first-order valence-corrected chi connectivity index (χ1v) is 4.52. The van der Waals surface area contributed by atoms with Gasteiger partial charge in [0.15, 0.2) is 5.11 Å². The van der Waals surface area contributed by atoms with Gasteiger partial charge >= 0.3 is 0 Å². The standard InChI is InChI=1S/C9H13N3S/c10-9(13)12-11-7-6-8-4-2-1-3-5-8/h1-5,11H,6-7H2,(H3,10,12,13). The van der Waals surface area contributed by atoms with Crippen molar-refractivity contribution in [1.29, 1.82) is 0 Å². The van der Waals surface area contributed by atoms with Gasteiger partial charge in [-0.1, -0.05) is 30.3 Å². The molecule has 3 nitrogen and oxygen atoms in total. The van der Waals surface area contributed by atoms with Crippen molar-refractivity contribution in [3.8, 4) is 0 Å². The van der Waals surface area contributed by atoms with Crippen molar-refractivity contribution in [3.63, 3.8) is 0 Å². The summed E-state index contributed by atoms with van der Waals surface area (Å²) in [4.78, 5) is 0. The minimum absolute atomic E-state index is 0.271. The second-order valence-electron chi connectivity index (χ2n) is 2.65. The number of nitrogens with two attached hydrogens (primary N) is 1. The van der Waals surface area contributed by atoms with Gasteiger partial charge in [-0.05, 0) is 24.2 Å². The van der Waals surface area contributed by atoms with Gasteiger partial charge in [-0.3, -0.25) is 5.43 Å². The van der Waals surface area contributed by atoms with Crippen LogP contribution in [0, 0.1) is 0 Å². The second-order valence-corrected chi connectivity index (χ2v) is 3.09. The Morgan fingerprint density at radius 3 is 2.62 bits per heavy atom. The van der Waals surface area contributed by atoms with Crippen LogP contribution in [-0.2, 0) is 6.42 Å². The number of hydrogen-bond donors (Lipinski definition) is 3.